The van der Waals surface area contributed by atoms with Gasteiger partial charge in [-0.25, -0.2) is 0 Å². The van der Waals surface area contributed by atoms with E-state index in [1.54, 1.807) is 0 Å². The lowest BCUT2D eigenvalue weighted by Gasteiger charge is -2.36. The Morgan fingerprint density at radius 2 is 2.12 bits per heavy atom. The van der Waals surface area contributed by atoms with Crippen molar-refractivity contribution in [3.63, 3.8) is 0 Å². The third-order valence-electron chi connectivity index (χ3n) is 3.58. The number of nitrogens with zero attached hydrogens (tertiary/aromatic N) is 3. The number of aromatic amines is 1. The molecule has 2 atom stereocenters. The summed E-state index contributed by atoms with van der Waals surface area (Å²) >= 11 is 0. The maximum absolute atomic E-state index is 12.2. The molecule has 6 nitrogen and oxygen atoms in total. The molecule has 2 bridgehead atoms. The van der Waals surface area contributed by atoms with Gasteiger partial charge in [0, 0.05) is 12.1 Å². The zero-order valence-electron chi connectivity index (χ0n) is 8.83. The van der Waals surface area contributed by atoms with Gasteiger partial charge in [-0.05, 0) is 25.7 Å². The van der Waals surface area contributed by atoms with Gasteiger partial charge in [-0.2, -0.15) is 15.4 Å². The number of hydrogen-bond donors (Lipinski definition) is 2. The van der Waals surface area contributed by atoms with Crippen LogP contribution < -0.4 is 0 Å². The SMILES string of the molecule is O=C(c1cn[nH]n1)N1C2CCC1CC(O)C2. The average Bonchev–Trinajstić information content (AvgIpc) is 2.85. The number of carbonyl (C=O) groups is 1. The van der Waals surface area contributed by atoms with Crippen LogP contribution in [0.2, 0.25) is 0 Å². The first-order chi connectivity index (χ1) is 7.75. The van der Waals surface area contributed by atoms with E-state index in [9.17, 15) is 9.90 Å². The first kappa shape index (κ1) is 9.77. The van der Waals surface area contributed by atoms with E-state index >= 15 is 0 Å². The molecule has 3 rings (SSSR count). The van der Waals surface area contributed by atoms with Gasteiger partial charge in [-0.1, -0.05) is 0 Å². The largest absolute Gasteiger partial charge is 0.393 e. The molecule has 2 saturated heterocycles. The summed E-state index contributed by atoms with van der Waals surface area (Å²) in [6.45, 7) is 0. The number of aromatic nitrogens is 3. The molecule has 2 aliphatic heterocycles. The van der Waals surface area contributed by atoms with Crippen LogP contribution in [0.3, 0.4) is 0 Å². The predicted octanol–water partition coefficient (Wildman–Crippen LogP) is -0.0674. The molecule has 0 aromatic carbocycles. The molecule has 2 fully saturated rings. The van der Waals surface area contributed by atoms with E-state index in [4.69, 9.17) is 0 Å². The number of carbonyl (C=O) groups excluding carboxylic acids is 1. The Hall–Kier alpha value is -1.43. The maximum atomic E-state index is 12.2. The van der Waals surface area contributed by atoms with Crippen molar-refractivity contribution in [2.24, 2.45) is 0 Å². The second kappa shape index (κ2) is 3.55. The van der Waals surface area contributed by atoms with Crippen LogP contribution in [0.1, 0.15) is 36.2 Å². The van der Waals surface area contributed by atoms with Crippen LogP contribution in [-0.2, 0) is 0 Å². The van der Waals surface area contributed by atoms with Gasteiger partial charge in [-0.15, -0.1) is 0 Å². The Morgan fingerprint density at radius 1 is 1.44 bits per heavy atom. The number of fused-ring (bicyclic) bond motifs is 2. The summed E-state index contributed by atoms with van der Waals surface area (Å²) in [7, 11) is 0. The molecule has 2 unspecified atom stereocenters. The zero-order valence-corrected chi connectivity index (χ0v) is 8.83. The number of amides is 1. The number of aliphatic hydroxyl groups excluding tert-OH is 1. The minimum atomic E-state index is -0.251. The van der Waals surface area contributed by atoms with Crippen molar-refractivity contribution in [1.29, 1.82) is 0 Å². The molecule has 0 spiro atoms. The topological polar surface area (TPSA) is 82.1 Å². The molecule has 86 valence electrons. The number of rotatable bonds is 1. The Kier molecular flexibility index (Phi) is 2.17. The molecule has 2 N–H and O–H groups in total. The van der Waals surface area contributed by atoms with Crippen LogP contribution in [0.4, 0.5) is 0 Å². The number of aliphatic hydroxyl groups is 1. The normalized spacial score (nSPS) is 33.1. The second-order valence-corrected chi connectivity index (χ2v) is 4.58. The van der Waals surface area contributed by atoms with Crippen molar-refractivity contribution in [3.8, 4) is 0 Å². The van der Waals surface area contributed by atoms with Gasteiger partial charge in [-0.3, -0.25) is 4.79 Å². The molecule has 16 heavy (non-hydrogen) atoms. The van der Waals surface area contributed by atoms with Gasteiger partial charge in [0.2, 0.25) is 0 Å². The quantitative estimate of drug-likeness (QED) is 0.697. The molecule has 1 amide bonds. The van der Waals surface area contributed by atoms with E-state index in [0.29, 0.717) is 18.5 Å². The molecule has 0 radical (unpaired) electrons. The predicted molar refractivity (Wildman–Crippen MR) is 54.6 cm³/mol. The van der Waals surface area contributed by atoms with Crippen LogP contribution in [0.5, 0.6) is 0 Å². The minimum Gasteiger partial charge on any atom is -0.393 e. The standard InChI is InChI=1S/C10H14N4O2/c15-8-3-6-1-2-7(4-8)14(6)10(16)9-5-11-13-12-9/h5-8,15H,1-4H2,(H,11,12,13). The van der Waals surface area contributed by atoms with Crippen molar-refractivity contribution < 1.29 is 9.90 Å². The number of nitrogens with one attached hydrogen (secondary N) is 1. The molecule has 1 aromatic heterocycles. The third kappa shape index (κ3) is 1.41. The van der Waals surface area contributed by atoms with Crippen molar-refractivity contribution in [1.82, 2.24) is 20.3 Å². The van der Waals surface area contributed by atoms with Crippen LogP contribution in [-0.4, -0.2) is 49.5 Å². The highest BCUT2D eigenvalue weighted by molar-refractivity contribution is 5.92. The van der Waals surface area contributed by atoms with Gasteiger partial charge in [0.25, 0.3) is 5.91 Å². The van der Waals surface area contributed by atoms with Gasteiger partial charge in [0.15, 0.2) is 5.69 Å². The Labute approximate surface area is 92.6 Å². The van der Waals surface area contributed by atoms with Crippen LogP contribution in [0, 0.1) is 0 Å². The van der Waals surface area contributed by atoms with Crippen molar-refractivity contribution >= 4 is 5.91 Å². The highest BCUT2D eigenvalue weighted by Crippen LogP contribution is 2.36. The fraction of sp³-hybridized carbons (Fsp3) is 0.700. The number of hydrogen-bond acceptors (Lipinski definition) is 4. The molecule has 3 heterocycles. The Balaban J connectivity index is 1.84. The van der Waals surface area contributed by atoms with Crippen LogP contribution >= 0.6 is 0 Å². The van der Waals surface area contributed by atoms with Crippen LogP contribution in [0.25, 0.3) is 0 Å². The number of H-pyrrole nitrogens is 1. The Morgan fingerprint density at radius 3 is 2.69 bits per heavy atom. The smallest absolute Gasteiger partial charge is 0.276 e. The third-order valence-corrected chi connectivity index (χ3v) is 3.58. The lowest BCUT2D eigenvalue weighted by molar-refractivity contribution is 0.0282. The zero-order chi connectivity index (χ0) is 11.1. The molecular formula is C10H14N4O2. The summed E-state index contributed by atoms with van der Waals surface area (Å²) in [6.07, 6.45) is 4.57. The molecular weight excluding hydrogens is 208 g/mol. The second-order valence-electron chi connectivity index (χ2n) is 4.58. The van der Waals surface area contributed by atoms with Crippen molar-refractivity contribution in [3.05, 3.63) is 11.9 Å². The Bertz CT molecular complexity index is 378. The monoisotopic (exact) mass is 222 g/mol. The van der Waals surface area contributed by atoms with E-state index < -0.39 is 0 Å². The van der Waals surface area contributed by atoms with E-state index in [-0.39, 0.29) is 24.1 Å². The van der Waals surface area contributed by atoms with E-state index in [2.05, 4.69) is 15.4 Å². The van der Waals surface area contributed by atoms with Crippen LogP contribution in [0.15, 0.2) is 6.20 Å². The van der Waals surface area contributed by atoms with E-state index in [0.717, 1.165) is 12.8 Å². The summed E-state index contributed by atoms with van der Waals surface area (Å²) in [5.74, 6) is -0.0619. The fourth-order valence-corrected chi connectivity index (χ4v) is 2.92. The minimum absolute atomic E-state index is 0.0619. The lowest BCUT2D eigenvalue weighted by atomic mass is 9.99. The molecule has 2 aliphatic rings. The summed E-state index contributed by atoms with van der Waals surface area (Å²) in [5, 5.41) is 19.6. The molecule has 6 heteroatoms. The first-order valence-corrected chi connectivity index (χ1v) is 5.62. The molecule has 1 aromatic rings. The summed E-state index contributed by atoms with van der Waals surface area (Å²) in [6, 6.07) is 0.357. The van der Waals surface area contributed by atoms with E-state index in [1.165, 1.54) is 6.20 Å². The van der Waals surface area contributed by atoms with Gasteiger partial charge in [0.05, 0.1) is 12.3 Å². The van der Waals surface area contributed by atoms with Crippen molar-refractivity contribution in [2.45, 2.75) is 43.9 Å². The summed E-state index contributed by atoms with van der Waals surface area (Å²) < 4.78 is 0. The van der Waals surface area contributed by atoms with E-state index in [1.807, 2.05) is 4.90 Å². The number of piperidine rings is 1. The average molecular weight is 222 g/mol. The highest BCUT2D eigenvalue weighted by Gasteiger charge is 2.43. The van der Waals surface area contributed by atoms with Gasteiger partial charge in [0.1, 0.15) is 0 Å². The fourth-order valence-electron chi connectivity index (χ4n) is 2.92. The van der Waals surface area contributed by atoms with Gasteiger partial charge < -0.3 is 10.0 Å². The molecule has 0 aliphatic carbocycles. The maximum Gasteiger partial charge on any atom is 0.276 e. The lowest BCUT2D eigenvalue weighted by Crippen LogP contribution is -2.48. The highest BCUT2D eigenvalue weighted by atomic mass is 16.3. The summed E-state index contributed by atoms with van der Waals surface area (Å²) in [4.78, 5) is 14.0. The van der Waals surface area contributed by atoms with Crippen molar-refractivity contribution in [2.75, 3.05) is 0 Å². The first-order valence-electron chi connectivity index (χ1n) is 5.62. The summed E-state index contributed by atoms with van der Waals surface area (Å²) in [5.41, 5.74) is 0.369. The molecule has 0 saturated carbocycles. The van der Waals surface area contributed by atoms with Gasteiger partial charge >= 0.3 is 0 Å².